The average Bonchev–Trinajstić information content (AvgIpc) is 2.38. The molecule has 0 radical (unpaired) electrons. The number of nitrogens with zero attached hydrogens (tertiary/aromatic N) is 1. The number of aliphatic imine (C=N–C) groups is 1. The quantitative estimate of drug-likeness (QED) is 0.785. The molecule has 0 unspecified atom stereocenters. The Kier molecular flexibility index (Phi) is 4.10. The number of rotatable bonds is 3. The average molecular weight is 235 g/mol. The van der Waals surface area contributed by atoms with Crippen molar-refractivity contribution in [2.45, 2.75) is 17.9 Å². The molecule has 86 valence electrons. The summed E-state index contributed by atoms with van der Waals surface area (Å²) in [6, 6.07) is 8.61. The number of hydrogen-bond acceptors (Lipinski definition) is 4. The van der Waals surface area contributed by atoms with E-state index >= 15 is 0 Å². The van der Waals surface area contributed by atoms with Gasteiger partial charge < -0.3 is 10.6 Å². The summed E-state index contributed by atoms with van der Waals surface area (Å²) in [7, 11) is 0. The zero-order valence-corrected chi connectivity index (χ0v) is 10.3. The predicted octanol–water partition coefficient (Wildman–Crippen LogP) is 1.85. The fourth-order valence-corrected chi connectivity index (χ4v) is 1.99. The molecule has 16 heavy (non-hydrogen) atoms. The third kappa shape index (κ3) is 3.17. The first kappa shape index (κ1) is 11.3. The Bertz CT molecular complexity index is 359. The lowest BCUT2D eigenvalue weighted by atomic mass is 10.2. The fourth-order valence-electron chi connectivity index (χ4n) is 1.58. The third-order valence-corrected chi connectivity index (χ3v) is 3.26. The van der Waals surface area contributed by atoms with Gasteiger partial charge in [-0.1, -0.05) is 12.1 Å². The SMILES string of the molecule is CSc1ccc(CNC2=NCCCN2)cc1. The van der Waals surface area contributed by atoms with Crippen molar-refractivity contribution in [3.63, 3.8) is 0 Å². The molecule has 4 heteroatoms. The minimum atomic E-state index is 0.834. The van der Waals surface area contributed by atoms with Crippen LogP contribution in [0.5, 0.6) is 0 Å². The smallest absolute Gasteiger partial charge is 0.191 e. The summed E-state index contributed by atoms with van der Waals surface area (Å²) in [6.45, 7) is 2.79. The molecule has 0 saturated heterocycles. The normalized spacial score (nSPS) is 15.2. The number of nitrogens with one attached hydrogen (secondary N) is 2. The van der Waals surface area contributed by atoms with E-state index in [-0.39, 0.29) is 0 Å². The molecule has 2 N–H and O–H groups in total. The highest BCUT2D eigenvalue weighted by molar-refractivity contribution is 7.98. The zero-order chi connectivity index (χ0) is 11.2. The zero-order valence-electron chi connectivity index (χ0n) is 9.49. The van der Waals surface area contributed by atoms with Crippen LogP contribution in [0.4, 0.5) is 0 Å². The van der Waals surface area contributed by atoms with Gasteiger partial charge in [0.1, 0.15) is 0 Å². The molecule has 1 heterocycles. The van der Waals surface area contributed by atoms with Crippen LogP contribution in [0, 0.1) is 0 Å². The van der Waals surface area contributed by atoms with Crippen molar-refractivity contribution < 1.29 is 0 Å². The molecule has 1 aliphatic rings. The predicted molar refractivity (Wildman–Crippen MR) is 70.0 cm³/mol. The Morgan fingerprint density at radius 3 is 2.81 bits per heavy atom. The Morgan fingerprint density at radius 2 is 2.19 bits per heavy atom. The molecule has 0 bridgehead atoms. The summed E-state index contributed by atoms with van der Waals surface area (Å²) >= 11 is 1.77. The van der Waals surface area contributed by atoms with E-state index in [1.165, 1.54) is 10.5 Å². The monoisotopic (exact) mass is 235 g/mol. The molecular weight excluding hydrogens is 218 g/mol. The van der Waals surface area contributed by atoms with Crippen molar-refractivity contribution in [3.8, 4) is 0 Å². The van der Waals surface area contributed by atoms with Crippen LogP contribution in [0.15, 0.2) is 34.2 Å². The van der Waals surface area contributed by atoms with Crippen LogP contribution in [0.1, 0.15) is 12.0 Å². The van der Waals surface area contributed by atoms with E-state index in [1.807, 2.05) is 0 Å². The summed E-state index contributed by atoms with van der Waals surface area (Å²) < 4.78 is 0. The molecule has 1 aliphatic heterocycles. The number of hydrogen-bond donors (Lipinski definition) is 2. The van der Waals surface area contributed by atoms with Crippen molar-refractivity contribution in [2.75, 3.05) is 19.3 Å². The maximum Gasteiger partial charge on any atom is 0.191 e. The molecule has 2 rings (SSSR count). The van der Waals surface area contributed by atoms with Gasteiger partial charge in [0.25, 0.3) is 0 Å². The van der Waals surface area contributed by atoms with Crippen LogP contribution >= 0.6 is 11.8 Å². The first-order chi connectivity index (χ1) is 7.88. The van der Waals surface area contributed by atoms with Gasteiger partial charge in [-0.25, -0.2) is 0 Å². The maximum atomic E-state index is 4.37. The van der Waals surface area contributed by atoms with Crippen molar-refractivity contribution in [3.05, 3.63) is 29.8 Å². The van der Waals surface area contributed by atoms with E-state index in [2.05, 4.69) is 46.1 Å². The van der Waals surface area contributed by atoms with Crippen LogP contribution in [-0.4, -0.2) is 25.3 Å². The largest absolute Gasteiger partial charge is 0.356 e. The van der Waals surface area contributed by atoms with E-state index in [0.29, 0.717) is 0 Å². The van der Waals surface area contributed by atoms with Gasteiger partial charge in [-0.3, -0.25) is 4.99 Å². The van der Waals surface area contributed by atoms with Gasteiger partial charge in [-0.15, -0.1) is 11.8 Å². The fraction of sp³-hybridized carbons (Fsp3) is 0.417. The van der Waals surface area contributed by atoms with Crippen molar-refractivity contribution in [1.29, 1.82) is 0 Å². The van der Waals surface area contributed by atoms with E-state index < -0.39 is 0 Å². The van der Waals surface area contributed by atoms with Crippen LogP contribution in [0.2, 0.25) is 0 Å². The van der Waals surface area contributed by atoms with Gasteiger partial charge in [0.2, 0.25) is 0 Å². The molecular formula is C12H17N3S. The number of guanidine groups is 1. The van der Waals surface area contributed by atoms with Crippen LogP contribution < -0.4 is 10.6 Å². The molecule has 0 spiro atoms. The van der Waals surface area contributed by atoms with Crippen molar-refractivity contribution >= 4 is 17.7 Å². The molecule has 0 aliphatic carbocycles. The summed E-state index contributed by atoms with van der Waals surface area (Å²) in [6.07, 6.45) is 3.22. The first-order valence-corrected chi connectivity index (χ1v) is 6.76. The second-order valence-electron chi connectivity index (χ2n) is 3.71. The van der Waals surface area contributed by atoms with Gasteiger partial charge in [-0.2, -0.15) is 0 Å². The lowest BCUT2D eigenvalue weighted by Gasteiger charge is -2.16. The Labute approximate surface area is 101 Å². The molecule has 0 aromatic heterocycles. The van der Waals surface area contributed by atoms with E-state index in [1.54, 1.807) is 11.8 Å². The number of benzene rings is 1. The molecule has 0 atom stereocenters. The Hall–Kier alpha value is -1.16. The summed E-state index contributed by atoms with van der Waals surface area (Å²) in [5, 5.41) is 6.55. The second-order valence-corrected chi connectivity index (χ2v) is 4.59. The van der Waals surface area contributed by atoms with E-state index in [9.17, 15) is 0 Å². The first-order valence-electron chi connectivity index (χ1n) is 5.53. The van der Waals surface area contributed by atoms with Gasteiger partial charge >= 0.3 is 0 Å². The second kappa shape index (κ2) is 5.80. The van der Waals surface area contributed by atoms with Gasteiger partial charge in [0, 0.05) is 24.5 Å². The van der Waals surface area contributed by atoms with Gasteiger partial charge in [0.15, 0.2) is 5.96 Å². The molecule has 1 aromatic rings. The molecule has 0 amide bonds. The molecule has 0 saturated carbocycles. The highest BCUT2D eigenvalue weighted by Gasteiger charge is 2.02. The third-order valence-electron chi connectivity index (χ3n) is 2.52. The minimum absolute atomic E-state index is 0.834. The van der Waals surface area contributed by atoms with Gasteiger partial charge in [0.05, 0.1) is 0 Å². The van der Waals surface area contributed by atoms with Crippen molar-refractivity contribution in [1.82, 2.24) is 10.6 Å². The molecule has 1 aromatic carbocycles. The van der Waals surface area contributed by atoms with Crippen LogP contribution in [-0.2, 0) is 6.54 Å². The summed E-state index contributed by atoms with van der Waals surface area (Å²) in [4.78, 5) is 5.67. The Morgan fingerprint density at radius 1 is 1.38 bits per heavy atom. The lowest BCUT2D eigenvalue weighted by molar-refractivity contribution is 0.702. The van der Waals surface area contributed by atoms with Crippen LogP contribution in [0.3, 0.4) is 0 Å². The summed E-state index contributed by atoms with van der Waals surface area (Å²) in [5.41, 5.74) is 1.29. The number of thioether (sulfide) groups is 1. The maximum absolute atomic E-state index is 4.37. The van der Waals surface area contributed by atoms with Gasteiger partial charge in [-0.05, 0) is 30.4 Å². The van der Waals surface area contributed by atoms with E-state index in [4.69, 9.17) is 0 Å². The molecule has 0 fully saturated rings. The topological polar surface area (TPSA) is 36.4 Å². The van der Waals surface area contributed by atoms with Crippen LogP contribution in [0.25, 0.3) is 0 Å². The standard InChI is InChI=1S/C12H17N3S/c1-16-11-5-3-10(4-6-11)9-15-12-13-7-2-8-14-12/h3-6H,2,7-9H2,1H3,(H2,13,14,15). The highest BCUT2D eigenvalue weighted by Crippen LogP contribution is 2.14. The minimum Gasteiger partial charge on any atom is -0.356 e. The summed E-state index contributed by atoms with van der Waals surface area (Å²) in [5.74, 6) is 0.931. The Balaban J connectivity index is 1.86. The molecule has 3 nitrogen and oxygen atoms in total. The highest BCUT2D eigenvalue weighted by atomic mass is 32.2. The van der Waals surface area contributed by atoms with E-state index in [0.717, 1.165) is 32.0 Å². The van der Waals surface area contributed by atoms with Crippen molar-refractivity contribution in [2.24, 2.45) is 4.99 Å². The lowest BCUT2D eigenvalue weighted by Crippen LogP contribution is -2.40.